The van der Waals surface area contributed by atoms with Crippen molar-refractivity contribution < 1.29 is 19.4 Å². The van der Waals surface area contributed by atoms with Gasteiger partial charge in [-0.2, -0.15) is 0 Å². The third-order valence-corrected chi connectivity index (χ3v) is 7.99. The number of carboxylic acids is 1. The Morgan fingerprint density at radius 2 is 1.66 bits per heavy atom. The number of carbonyl (C=O) groups is 1. The molecular formula is C36H39NO4. The number of rotatable bonds is 11. The monoisotopic (exact) mass is 549 g/mol. The van der Waals surface area contributed by atoms with Crippen LogP contribution in [0.25, 0.3) is 11.1 Å². The van der Waals surface area contributed by atoms with Gasteiger partial charge in [-0.15, -0.1) is 0 Å². The van der Waals surface area contributed by atoms with Gasteiger partial charge in [0.1, 0.15) is 12.4 Å². The quantitative estimate of drug-likeness (QED) is 0.221. The Kier molecular flexibility index (Phi) is 9.05. The fourth-order valence-electron chi connectivity index (χ4n) is 5.85. The third kappa shape index (κ3) is 6.80. The summed E-state index contributed by atoms with van der Waals surface area (Å²) < 4.78 is 11.4. The van der Waals surface area contributed by atoms with E-state index in [0.717, 1.165) is 37.1 Å². The molecule has 0 saturated carbocycles. The van der Waals surface area contributed by atoms with E-state index in [4.69, 9.17) is 9.47 Å². The predicted molar refractivity (Wildman–Crippen MR) is 165 cm³/mol. The number of benzene rings is 4. The fraction of sp³-hybridized carbons (Fsp3) is 0.306. The summed E-state index contributed by atoms with van der Waals surface area (Å²) in [4.78, 5) is 13.7. The van der Waals surface area contributed by atoms with Crippen LogP contribution in [0.2, 0.25) is 0 Å². The van der Waals surface area contributed by atoms with Gasteiger partial charge in [-0.3, -0.25) is 0 Å². The highest BCUT2D eigenvalue weighted by Crippen LogP contribution is 2.35. The number of carboxylic acid groups (broad SMARTS) is 1. The molecule has 4 aromatic rings. The summed E-state index contributed by atoms with van der Waals surface area (Å²) in [6.45, 7) is 5.69. The fourth-order valence-corrected chi connectivity index (χ4v) is 5.85. The van der Waals surface area contributed by atoms with E-state index in [0.29, 0.717) is 19.6 Å². The second kappa shape index (κ2) is 13.0. The van der Waals surface area contributed by atoms with E-state index in [1.807, 2.05) is 24.3 Å². The van der Waals surface area contributed by atoms with E-state index in [1.54, 1.807) is 6.92 Å². The van der Waals surface area contributed by atoms with Gasteiger partial charge in [0.25, 0.3) is 0 Å². The van der Waals surface area contributed by atoms with E-state index in [9.17, 15) is 9.90 Å². The van der Waals surface area contributed by atoms with Crippen LogP contribution >= 0.6 is 0 Å². The third-order valence-electron chi connectivity index (χ3n) is 7.99. The van der Waals surface area contributed by atoms with Crippen molar-refractivity contribution in [1.82, 2.24) is 0 Å². The molecule has 0 aliphatic heterocycles. The molecule has 1 unspecified atom stereocenters. The van der Waals surface area contributed by atoms with Gasteiger partial charge in [0, 0.05) is 25.8 Å². The highest BCUT2D eigenvalue weighted by Gasteiger charge is 2.21. The summed E-state index contributed by atoms with van der Waals surface area (Å²) in [5, 5.41) is 9.34. The number of ether oxygens (including phenoxy) is 2. The van der Waals surface area contributed by atoms with Crippen molar-refractivity contribution in [2.45, 2.75) is 45.6 Å². The number of aliphatic carboxylic acids is 1. The molecule has 0 radical (unpaired) electrons. The zero-order valence-corrected chi connectivity index (χ0v) is 24.2. The number of anilines is 1. The number of aryl methyl sites for hydroxylation is 2. The van der Waals surface area contributed by atoms with Crippen molar-refractivity contribution in [2.75, 3.05) is 31.7 Å². The second-order valence-corrected chi connectivity index (χ2v) is 10.8. The first-order chi connectivity index (χ1) is 19.9. The highest BCUT2D eigenvalue weighted by atomic mass is 16.5. The molecule has 1 aliphatic rings. The first kappa shape index (κ1) is 28.4. The largest absolute Gasteiger partial charge is 0.492 e. The molecule has 0 heterocycles. The molecule has 1 aliphatic carbocycles. The van der Waals surface area contributed by atoms with Crippen LogP contribution in [0.1, 0.15) is 40.3 Å². The summed E-state index contributed by atoms with van der Waals surface area (Å²) in [5.41, 5.74) is 11.8. The Bertz CT molecular complexity index is 1480. The van der Waals surface area contributed by atoms with E-state index in [2.05, 4.69) is 79.5 Å². The summed E-state index contributed by atoms with van der Waals surface area (Å²) >= 11 is 0. The lowest BCUT2D eigenvalue weighted by Crippen LogP contribution is -2.26. The lowest BCUT2D eigenvalue weighted by molar-refractivity contribution is -0.149. The SMILES string of the molecule is CCOC(Cc1ccc(OCCN(C)c2c(C)ccc3c2CCc2ccc(-c4ccccc4)cc2C3)cc1)C(=O)O. The van der Waals surface area contributed by atoms with Gasteiger partial charge in [0.05, 0.1) is 6.54 Å². The van der Waals surface area contributed by atoms with Crippen LogP contribution in [0, 0.1) is 6.92 Å². The molecule has 5 rings (SSSR count). The van der Waals surface area contributed by atoms with Crippen molar-refractivity contribution in [1.29, 1.82) is 0 Å². The molecule has 4 aromatic carbocycles. The molecule has 0 bridgehead atoms. The predicted octanol–water partition coefficient (Wildman–Crippen LogP) is 6.90. The summed E-state index contributed by atoms with van der Waals surface area (Å²) in [5.74, 6) is -0.163. The Hall–Kier alpha value is -4.09. The van der Waals surface area contributed by atoms with Crippen molar-refractivity contribution in [3.8, 4) is 16.9 Å². The van der Waals surface area contributed by atoms with Gasteiger partial charge in [-0.25, -0.2) is 4.79 Å². The Balaban J connectivity index is 1.24. The van der Waals surface area contributed by atoms with E-state index < -0.39 is 12.1 Å². The molecule has 41 heavy (non-hydrogen) atoms. The molecule has 0 saturated heterocycles. The molecule has 1 atom stereocenters. The highest BCUT2D eigenvalue weighted by molar-refractivity contribution is 5.72. The molecule has 0 aromatic heterocycles. The Morgan fingerprint density at radius 1 is 0.902 bits per heavy atom. The zero-order valence-electron chi connectivity index (χ0n) is 24.2. The summed E-state index contributed by atoms with van der Waals surface area (Å²) in [7, 11) is 2.15. The van der Waals surface area contributed by atoms with Gasteiger partial charge >= 0.3 is 5.97 Å². The second-order valence-electron chi connectivity index (χ2n) is 10.8. The number of fused-ring (bicyclic) bond motifs is 2. The van der Waals surface area contributed by atoms with Crippen LogP contribution in [0.15, 0.2) is 84.9 Å². The molecule has 0 fully saturated rings. The lowest BCUT2D eigenvalue weighted by Gasteiger charge is -2.26. The Morgan fingerprint density at radius 3 is 2.39 bits per heavy atom. The first-order valence-electron chi connectivity index (χ1n) is 14.5. The molecular weight excluding hydrogens is 510 g/mol. The summed E-state index contributed by atoms with van der Waals surface area (Å²) in [6, 6.07) is 29.8. The van der Waals surface area contributed by atoms with E-state index >= 15 is 0 Å². The number of hydrogen-bond acceptors (Lipinski definition) is 4. The molecule has 0 spiro atoms. The molecule has 5 heteroatoms. The number of nitrogens with zero attached hydrogens (tertiary/aromatic N) is 1. The van der Waals surface area contributed by atoms with Crippen LogP contribution in [0.3, 0.4) is 0 Å². The van der Waals surface area contributed by atoms with E-state index in [-0.39, 0.29) is 0 Å². The van der Waals surface area contributed by atoms with Crippen molar-refractivity contribution in [2.24, 2.45) is 0 Å². The van der Waals surface area contributed by atoms with Gasteiger partial charge < -0.3 is 19.5 Å². The van der Waals surface area contributed by atoms with Crippen molar-refractivity contribution >= 4 is 11.7 Å². The van der Waals surface area contributed by atoms with Gasteiger partial charge in [0.15, 0.2) is 6.10 Å². The van der Waals surface area contributed by atoms with Gasteiger partial charge in [-0.1, -0.05) is 72.8 Å². The van der Waals surface area contributed by atoms with Crippen molar-refractivity contribution in [3.63, 3.8) is 0 Å². The Labute approximate surface area is 243 Å². The van der Waals surface area contributed by atoms with Crippen LogP contribution in [0.4, 0.5) is 5.69 Å². The minimum atomic E-state index is -0.940. The topological polar surface area (TPSA) is 59.0 Å². The van der Waals surface area contributed by atoms with Crippen LogP contribution in [0.5, 0.6) is 5.75 Å². The van der Waals surface area contributed by atoms with Crippen LogP contribution in [-0.4, -0.2) is 44.0 Å². The smallest absolute Gasteiger partial charge is 0.333 e. The average molecular weight is 550 g/mol. The molecule has 1 N–H and O–H groups in total. The number of likely N-dealkylation sites (N-methyl/N-ethyl adjacent to an activating group) is 1. The van der Waals surface area contributed by atoms with Crippen molar-refractivity contribution in [3.05, 3.63) is 118 Å². The maximum atomic E-state index is 11.4. The zero-order chi connectivity index (χ0) is 28.8. The van der Waals surface area contributed by atoms with Crippen LogP contribution in [-0.2, 0) is 35.2 Å². The maximum Gasteiger partial charge on any atom is 0.333 e. The normalized spacial score (nSPS) is 13.0. The molecule has 212 valence electrons. The molecule has 5 nitrogen and oxygen atoms in total. The average Bonchev–Trinajstić information content (AvgIpc) is 3.17. The van der Waals surface area contributed by atoms with Gasteiger partial charge in [0.2, 0.25) is 0 Å². The van der Waals surface area contributed by atoms with Gasteiger partial charge in [-0.05, 0) is 89.8 Å². The number of hydrogen-bond donors (Lipinski definition) is 1. The minimum absolute atomic E-state index is 0.335. The first-order valence-corrected chi connectivity index (χ1v) is 14.5. The minimum Gasteiger partial charge on any atom is -0.492 e. The maximum absolute atomic E-state index is 11.4. The standard InChI is InChI=1S/C36H39NO4/c1-4-40-34(36(38)39)22-26-11-17-32(18-12-26)41-21-20-37(3)35-25(2)10-13-30-24-31-23-29(27-8-6-5-7-9-27)15-14-28(31)16-19-33(30)35/h5-15,17-18,23,34H,4,16,19-22,24H2,1-3H3,(H,38,39). The molecule has 0 amide bonds. The lowest BCUT2D eigenvalue weighted by atomic mass is 9.94. The van der Waals surface area contributed by atoms with E-state index in [1.165, 1.54) is 44.6 Å². The summed E-state index contributed by atoms with van der Waals surface area (Å²) in [6.07, 6.45) is 2.51. The van der Waals surface area contributed by atoms with Crippen LogP contribution < -0.4 is 9.64 Å².